The smallest absolute Gasteiger partial charge is 0.261 e. The fraction of sp³-hybridized carbons (Fsp3) is 0.250. The molecule has 1 amide bonds. The lowest BCUT2D eigenvalue weighted by Crippen LogP contribution is -2.22. The lowest BCUT2D eigenvalue weighted by Gasteiger charge is -2.00. The van der Waals surface area contributed by atoms with Crippen molar-refractivity contribution < 1.29 is 14.0 Å². The van der Waals surface area contributed by atoms with E-state index in [0.29, 0.717) is 28.4 Å². The first kappa shape index (κ1) is 12.5. The van der Waals surface area contributed by atoms with Gasteiger partial charge in [0.05, 0.1) is 11.4 Å². The van der Waals surface area contributed by atoms with Crippen LogP contribution in [0.3, 0.4) is 0 Å². The summed E-state index contributed by atoms with van der Waals surface area (Å²) in [5.41, 5.74) is 1.26. The van der Waals surface area contributed by atoms with Crippen LogP contribution in [0.1, 0.15) is 38.4 Å². The molecule has 0 aromatic carbocycles. The Labute approximate surface area is 108 Å². The van der Waals surface area contributed by atoms with Crippen molar-refractivity contribution >= 4 is 23.0 Å². The summed E-state index contributed by atoms with van der Waals surface area (Å²) in [5.74, 6) is 0.429. The van der Waals surface area contributed by atoms with Crippen molar-refractivity contribution in [2.45, 2.75) is 20.4 Å². The van der Waals surface area contributed by atoms with E-state index < -0.39 is 0 Å². The molecule has 0 atom stereocenters. The Morgan fingerprint density at radius 1 is 1.50 bits per heavy atom. The number of ketones is 1. The Morgan fingerprint density at radius 2 is 2.28 bits per heavy atom. The van der Waals surface area contributed by atoms with Gasteiger partial charge in [-0.05, 0) is 19.9 Å². The first-order valence-electron chi connectivity index (χ1n) is 5.34. The number of aryl methyl sites for hydroxylation is 1. The highest BCUT2D eigenvalue weighted by molar-refractivity contribution is 7.12. The van der Waals surface area contributed by atoms with Crippen LogP contribution in [0, 0.1) is 6.92 Å². The van der Waals surface area contributed by atoms with E-state index in [0.717, 1.165) is 0 Å². The van der Waals surface area contributed by atoms with E-state index in [1.807, 2.05) is 0 Å². The highest BCUT2D eigenvalue weighted by Crippen LogP contribution is 2.15. The Balaban J connectivity index is 1.99. The molecule has 6 heteroatoms. The first-order valence-corrected chi connectivity index (χ1v) is 6.22. The lowest BCUT2D eigenvalue weighted by molar-refractivity contribution is 0.0954. The van der Waals surface area contributed by atoms with Crippen molar-refractivity contribution in [3.63, 3.8) is 0 Å². The molecule has 0 bridgehead atoms. The number of aromatic nitrogens is 1. The van der Waals surface area contributed by atoms with E-state index in [1.165, 1.54) is 24.7 Å². The molecular weight excluding hydrogens is 252 g/mol. The predicted octanol–water partition coefficient (Wildman–Crippen LogP) is 2.18. The van der Waals surface area contributed by atoms with Crippen molar-refractivity contribution in [3.05, 3.63) is 39.7 Å². The van der Waals surface area contributed by atoms with Gasteiger partial charge in [-0.15, -0.1) is 11.3 Å². The van der Waals surface area contributed by atoms with Crippen LogP contribution < -0.4 is 5.32 Å². The molecule has 5 nitrogen and oxygen atoms in total. The van der Waals surface area contributed by atoms with Gasteiger partial charge in [0.2, 0.25) is 0 Å². The van der Waals surface area contributed by atoms with Gasteiger partial charge in [-0.3, -0.25) is 9.59 Å². The fourth-order valence-corrected chi connectivity index (χ4v) is 2.25. The molecule has 2 aromatic heterocycles. The fourth-order valence-electron chi connectivity index (χ4n) is 1.39. The largest absolute Gasteiger partial charge is 0.448 e. The molecular formula is C12H12N2O3S. The summed E-state index contributed by atoms with van der Waals surface area (Å²) in [5, 5.41) is 4.41. The molecule has 0 radical (unpaired) electrons. The van der Waals surface area contributed by atoms with Crippen molar-refractivity contribution in [2.75, 3.05) is 0 Å². The Morgan fingerprint density at radius 3 is 2.83 bits per heavy atom. The van der Waals surface area contributed by atoms with Crippen LogP contribution in [-0.4, -0.2) is 16.7 Å². The average molecular weight is 264 g/mol. The number of nitrogens with one attached hydrogen (secondary N) is 1. The van der Waals surface area contributed by atoms with Crippen LogP contribution in [0.4, 0.5) is 0 Å². The second-order valence-corrected chi connectivity index (χ2v) is 4.70. The van der Waals surface area contributed by atoms with E-state index in [9.17, 15) is 9.59 Å². The highest BCUT2D eigenvalue weighted by atomic mass is 32.1. The normalized spacial score (nSPS) is 10.3. The van der Waals surface area contributed by atoms with Crippen molar-refractivity contribution in [1.82, 2.24) is 10.3 Å². The number of Topliss-reactive ketones (excluding diaryl/α,β-unsaturated/α-hetero) is 1. The summed E-state index contributed by atoms with van der Waals surface area (Å²) in [7, 11) is 0. The summed E-state index contributed by atoms with van der Waals surface area (Å²) in [6.07, 6.45) is 1.34. The van der Waals surface area contributed by atoms with Crippen LogP contribution in [0.5, 0.6) is 0 Å². The van der Waals surface area contributed by atoms with Gasteiger partial charge in [0.1, 0.15) is 11.5 Å². The van der Waals surface area contributed by atoms with Gasteiger partial charge in [0, 0.05) is 10.9 Å². The van der Waals surface area contributed by atoms with E-state index in [2.05, 4.69) is 10.3 Å². The molecule has 0 aliphatic heterocycles. The number of carbonyl (C=O) groups is 2. The first-order chi connectivity index (χ1) is 8.58. The summed E-state index contributed by atoms with van der Waals surface area (Å²) >= 11 is 1.25. The van der Waals surface area contributed by atoms with Crippen molar-refractivity contribution in [2.24, 2.45) is 0 Å². The SMILES string of the molecule is CC(=O)c1csc(C(=O)NCc2ncoc2C)c1. The Kier molecular flexibility index (Phi) is 3.57. The molecule has 2 heterocycles. The Hall–Kier alpha value is -1.95. The van der Waals surface area contributed by atoms with E-state index in [4.69, 9.17) is 4.42 Å². The number of amides is 1. The minimum atomic E-state index is -0.213. The zero-order valence-electron chi connectivity index (χ0n) is 10.0. The summed E-state index contributed by atoms with van der Waals surface area (Å²) in [6, 6.07) is 1.60. The van der Waals surface area contributed by atoms with Gasteiger partial charge in [0.25, 0.3) is 5.91 Å². The highest BCUT2D eigenvalue weighted by Gasteiger charge is 2.12. The molecule has 0 aliphatic rings. The zero-order chi connectivity index (χ0) is 13.1. The molecule has 2 rings (SSSR count). The lowest BCUT2D eigenvalue weighted by atomic mass is 10.2. The number of hydrogen-bond donors (Lipinski definition) is 1. The van der Waals surface area contributed by atoms with Crippen LogP contribution in [0.2, 0.25) is 0 Å². The number of oxazole rings is 1. The zero-order valence-corrected chi connectivity index (χ0v) is 10.8. The van der Waals surface area contributed by atoms with Crippen LogP contribution in [0.25, 0.3) is 0 Å². The third-order valence-corrected chi connectivity index (χ3v) is 3.42. The number of nitrogens with zero attached hydrogens (tertiary/aromatic N) is 1. The van der Waals surface area contributed by atoms with Gasteiger partial charge >= 0.3 is 0 Å². The second kappa shape index (κ2) is 5.14. The van der Waals surface area contributed by atoms with E-state index in [-0.39, 0.29) is 11.7 Å². The molecule has 2 aromatic rings. The van der Waals surface area contributed by atoms with Gasteiger partial charge in [-0.1, -0.05) is 0 Å². The topological polar surface area (TPSA) is 72.2 Å². The third-order valence-electron chi connectivity index (χ3n) is 2.49. The van der Waals surface area contributed by atoms with Crippen molar-refractivity contribution in [1.29, 1.82) is 0 Å². The van der Waals surface area contributed by atoms with Crippen LogP contribution >= 0.6 is 11.3 Å². The number of hydrogen-bond acceptors (Lipinski definition) is 5. The molecule has 0 spiro atoms. The van der Waals surface area contributed by atoms with Gasteiger partial charge in [-0.2, -0.15) is 0 Å². The maximum atomic E-state index is 11.8. The minimum absolute atomic E-state index is 0.0438. The quantitative estimate of drug-likeness (QED) is 0.859. The monoisotopic (exact) mass is 264 g/mol. The van der Waals surface area contributed by atoms with Crippen molar-refractivity contribution in [3.8, 4) is 0 Å². The number of carbonyl (C=O) groups excluding carboxylic acids is 2. The molecule has 0 fully saturated rings. The molecule has 0 saturated carbocycles. The minimum Gasteiger partial charge on any atom is -0.448 e. The molecule has 0 saturated heterocycles. The number of thiophene rings is 1. The molecule has 94 valence electrons. The summed E-state index contributed by atoms with van der Waals surface area (Å²) in [4.78, 5) is 27.4. The predicted molar refractivity (Wildman–Crippen MR) is 66.7 cm³/mol. The molecule has 18 heavy (non-hydrogen) atoms. The molecule has 0 unspecified atom stereocenters. The summed E-state index contributed by atoms with van der Waals surface area (Å²) in [6.45, 7) is 3.57. The Bertz CT molecular complexity index is 586. The average Bonchev–Trinajstić information content (AvgIpc) is 2.94. The third kappa shape index (κ3) is 2.65. The van der Waals surface area contributed by atoms with E-state index in [1.54, 1.807) is 18.4 Å². The maximum Gasteiger partial charge on any atom is 0.261 e. The van der Waals surface area contributed by atoms with Crippen LogP contribution in [0.15, 0.2) is 22.3 Å². The van der Waals surface area contributed by atoms with Crippen LogP contribution in [-0.2, 0) is 6.54 Å². The van der Waals surface area contributed by atoms with Gasteiger partial charge in [-0.25, -0.2) is 4.98 Å². The second-order valence-electron chi connectivity index (χ2n) is 3.79. The molecule has 0 aliphatic carbocycles. The van der Waals surface area contributed by atoms with Gasteiger partial charge in [0.15, 0.2) is 12.2 Å². The molecule has 1 N–H and O–H groups in total. The maximum absolute atomic E-state index is 11.8. The standard InChI is InChI=1S/C12H12N2O3S/c1-7(15)9-3-11(18-5-9)12(16)13-4-10-8(2)17-6-14-10/h3,5-6H,4H2,1-2H3,(H,13,16). The number of rotatable bonds is 4. The summed E-state index contributed by atoms with van der Waals surface area (Å²) < 4.78 is 5.03. The van der Waals surface area contributed by atoms with Gasteiger partial charge < -0.3 is 9.73 Å². The van der Waals surface area contributed by atoms with E-state index >= 15 is 0 Å².